The molecule has 2 amide bonds. The monoisotopic (exact) mass is 260 g/mol. The van der Waals surface area contributed by atoms with Crippen LogP contribution in [-0.4, -0.2) is 41.8 Å². The SMILES string of the molecule is CC(C)(C)OC(=O)NCCC(CC(=O)O)NC=O. The lowest BCUT2D eigenvalue weighted by Gasteiger charge is -2.20. The van der Waals surface area contributed by atoms with E-state index < -0.39 is 23.7 Å². The first-order valence-corrected chi connectivity index (χ1v) is 5.63. The van der Waals surface area contributed by atoms with Gasteiger partial charge >= 0.3 is 12.1 Å². The van der Waals surface area contributed by atoms with E-state index in [4.69, 9.17) is 9.84 Å². The summed E-state index contributed by atoms with van der Waals surface area (Å²) in [4.78, 5) is 32.0. The van der Waals surface area contributed by atoms with E-state index >= 15 is 0 Å². The van der Waals surface area contributed by atoms with E-state index in [2.05, 4.69) is 10.6 Å². The van der Waals surface area contributed by atoms with Crippen molar-refractivity contribution in [3.8, 4) is 0 Å². The van der Waals surface area contributed by atoms with Gasteiger partial charge in [0.05, 0.1) is 6.42 Å². The number of carbonyl (C=O) groups is 3. The Balaban J connectivity index is 3.94. The standard InChI is InChI=1S/C11H20N2O5/c1-11(2,3)18-10(17)12-5-4-8(13-7-14)6-9(15)16/h7-8H,4-6H2,1-3H3,(H,12,17)(H,13,14)(H,15,16). The zero-order chi connectivity index (χ0) is 14.2. The largest absolute Gasteiger partial charge is 0.481 e. The lowest BCUT2D eigenvalue weighted by molar-refractivity contribution is -0.137. The summed E-state index contributed by atoms with van der Waals surface area (Å²) in [7, 11) is 0. The van der Waals surface area contributed by atoms with Crippen LogP contribution in [0.3, 0.4) is 0 Å². The van der Waals surface area contributed by atoms with Gasteiger partial charge in [-0.1, -0.05) is 0 Å². The van der Waals surface area contributed by atoms with Gasteiger partial charge in [0.1, 0.15) is 5.60 Å². The second-order valence-electron chi connectivity index (χ2n) is 4.80. The summed E-state index contributed by atoms with van der Waals surface area (Å²) in [6, 6.07) is -0.505. The molecule has 0 radical (unpaired) electrons. The fraction of sp³-hybridized carbons (Fsp3) is 0.727. The molecule has 1 unspecified atom stereocenters. The van der Waals surface area contributed by atoms with Crippen molar-refractivity contribution >= 4 is 18.5 Å². The fourth-order valence-corrected chi connectivity index (χ4v) is 1.21. The fourth-order valence-electron chi connectivity index (χ4n) is 1.21. The maximum atomic E-state index is 11.3. The van der Waals surface area contributed by atoms with Crippen molar-refractivity contribution in [2.24, 2.45) is 0 Å². The topological polar surface area (TPSA) is 105 Å². The van der Waals surface area contributed by atoms with Gasteiger partial charge in [0, 0.05) is 12.6 Å². The van der Waals surface area contributed by atoms with Crippen LogP contribution in [0.25, 0.3) is 0 Å². The molecule has 3 N–H and O–H groups in total. The first-order chi connectivity index (χ1) is 8.24. The highest BCUT2D eigenvalue weighted by Gasteiger charge is 2.17. The summed E-state index contributed by atoms with van der Waals surface area (Å²) in [5.74, 6) is -1.01. The number of rotatable bonds is 7. The Bertz CT molecular complexity index is 298. The number of amides is 2. The Morgan fingerprint density at radius 2 is 2.00 bits per heavy atom. The third-order valence-corrected chi connectivity index (χ3v) is 1.89. The Morgan fingerprint density at radius 3 is 2.44 bits per heavy atom. The maximum Gasteiger partial charge on any atom is 0.407 e. The zero-order valence-corrected chi connectivity index (χ0v) is 10.9. The maximum absolute atomic E-state index is 11.3. The minimum absolute atomic E-state index is 0.186. The number of aliphatic carboxylic acids is 1. The number of carboxylic acids is 1. The Morgan fingerprint density at radius 1 is 1.39 bits per heavy atom. The quantitative estimate of drug-likeness (QED) is 0.578. The Labute approximate surface area is 106 Å². The van der Waals surface area contributed by atoms with Crippen LogP contribution in [0, 0.1) is 0 Å². The van der Waals surface area contributed by atoms with Gasteiger partial charge in [-0.3, -0.25) is 9.59 Å². The molecule has 7 heteroatoms. The summed E-state index contributed by atoms with van der Waals surface area (Å²) in [6.07, 6.45) is 0.0165. The molecule has 0 rings (SSSR count). The first kappa shape index (κ1) is 16.2. The number of nitrogens with one attached hydrogen (secondary N) is 2. The van der Waals surface area contributed by atoms with E-state index in [-0.39, 0.29) is 13.0 Å². The third-order valence-electron chi connectivity index (χ3n) is 1.89. The molecule has 0 fully saturated rings. The van der Waals surface area contributed by atoms with Crippen molar-refractivity contribution in [1.82, 2.24) is 10.6 Å². The van der Waals surface area contributed by atoms with Gasteiger partial charge in [0.25, 0.3) is 0 Å². The van der Waals surface area contributed by atoms with Crippen molar-refractivity contribution in [3.63, 3.8) is 0 Å². The van der Waals surface area contributed by atoms with Crippen LogP contribution in [0.1, 0.15) is 33.6 Å². The highest BCUT2D eigenvalue weighted by atomic mass is 16.6. The van der Waals surface area contributed by atoms with Gasteiger partial charge in [0.2, 0.25) is 6.41 Å². The molecular formula is C11H20N2O5. The van der Waals surface area contributed by atoms with Crippen LogP contribution < -0.4 is 10.6 Å². The second-order valence-corrected chi connectivity index (χ2v) is 4.80. The van der Waals surface area contributed by atoms with E-state index in [1.807, 2.05) is 0 Å². The van der Waals surface area contributed by atoms with Crippen LogP contribution in [0.5, 0.6) is 0 Å². The second kappa shape index (κ2) is 7.52. The van der Waals surface area contributed by atoms with E-state index in [1.165, 1.54) is 0 Å². The van der Waals surface area contributed by atoms with Crippen LogP contribution >= 0.6 is 0 Å². The Kier molecular flexibility index (Phi) is 6.77. The zero-order valence-electron chi connectivity index (χ0n) is 10.9. The van der Waals surface area contributed by atoms with E-state index in [0.29, 0.717) is 12.8 Å². The molecule has 0 aromatic carbocycles. The van der Waals surface area contributed by atoms with Crippen LogP contribution in [0.15, 0.2) is 0 Å². The van der Waals surface area contributed by atoms with E-state index in [1.54, 1.807) is 20.8 Å². The van der Waals surface area contributed by atoms with Crippen LogP contribution in [0.2, 0.25) is 0 Å². The summed E-state index contributed by atoms with van der Waals surface area (Å²) in [6.45, 7) is 5.46. The molecule has 0 spiro atoms. The number of ether oxygens (including phenoxy) is 1. The molecule has 104 valence electrons. The van der Waals surface area contributed by atoms with Crippen molar-refractivity contribution in [2.45, 2.75) is 45.3 Å². The van der Waals surface area contributed by atoms with Gasteiger partial charge in [-0.15, -0.1) is 0 Å². The number of carboxylic acid groups (broad SMARTS) is 1. The van der Waals surface area contributed by atoms with Crippen molar-refractivity contribution in [3.05, 3.63) is 0 Å². The normalized spacial score (nSPS) is 12.4. The third kappa shape index (κ3) is 9.44. The molecule has 0 aliphatic rings. The minimum atomic E-state index is -1.01. The van der Waals surface area contributed by atoms with Gasteiger partial charge in [0.15, 0.2) is 0 Å². The summed E-state index contributed by atoms with van der Waals surface area (Å²) < 4.78 is 5.00. The first-order valence-electron chi connectivity index (χ1n) is 5.63. The van der Waals surface area contributed by atoms with Crippen molar-refractivity contribution in [1.29, 1.82) is 0 Å². The number of carbonyl (C=O) groups excluding carboxylic acids is 2. The average molecular weight is 260 g/mol. The molecule has 0 saturated carbocycles. The summed E-state index contributed by atoms with van der Waals surface area (Å²) >= 11 is 0. The van der Waals surface area contributed by atoms with Gasteiger partial charge in [-0.25, -0.2) is 4.79 Å². The summed E-state index contributed by atoms with van der Waals surface area (Å²) in [5.41, 5.74) is -0.578. The molecule has 0 saturated heterocycles. The molecule has 0 bridgehead atoms. The highest BCUT2D eigenvalue weighted by molar-refractivity contribution is 5.68. The molecule has 0 aliphatic carbocycles. The lowest BCUT2D eigenvalue weighted by Crippen LogP contribution is -2.37. The van der Waals surface area contributed by atoms with E-state index in [9.17, 15) is 14.4 Å². The summed E-state index contributed by atoms with van der Waals surface area (Å²) in [5, 5.41) is 13.5. The molecular weight excluding hydrogens is 240 g/mol. The molecule has 0 heterocycles. The molecule has 18 heavy (non-hydrogen) atoms. The average Bonchev–Trinajstić information content (AvgIpc) is 2.13. The smallest absolute Gasteiger partial charge is 0.407 e. The van der Waals surface area contributed by atoms with E-state index in [0.717, 1.165) is 0 Å². The lowest BCUT2D eigenvalue weighted by atomic mass is 10.1. The van der Waals surface area contributed by atoms with Gasteiger partial charge in [-0.2, -0.15) is 0 Å². The minimum Gasteiger partial charge on any atom is -0.481 e. The van der Waals surface area contributed by atoms with Crippen LogP contribution in [-0.2, 0) is 14.3 Å². The molecule has 1 atom stereocenters. The molecule has 0 aromatic heterocycles. The van der Waals surface area contributed by atoms with Crippen molar-refractivity contribution < 1.29 is 24.2 Å². The van der Waals surface area contributed by atoms with Crippen LogP contribution in [0.4, 0.5) is 4.79 Å². The molecule has 0 aliphatic heterocycles. The highest BCUT2D eigenvalue weighted by Crippen LogP contribution is 2.06. The number of alkyl carbamates (subject to hydrolysis) is 1. The molecule has 7 nitrogen and oxygen atoms in total. The van der Waals surface area contributed by atoms with Gasteiger partial charge < -0.3 is 20.5 Å². The molecule has 0 aromatic rings. The number of hydrogen-bond donors (Lipinski definition) is 3. The van der Waals surface area contributed by atoms with Crippen molar-refractivity contribution in [2.75, 3.05) is 6.54 Å². The number of hydrogen-bond acceptors (Lipinski definition) is 4. The Hall–Kier alpha value is -1.79. The predicted molar refractivity (Wildman–Crippen MR) is 64.1 cm³/mol. The van der Waals surface area contributed by atoms with Gasteiger partial charge in [-0.05, 0) is 27.2 Å². The predicted octanol–water partition coefficient (Wildman–Crippen LogP) is 0.491.